The summed E-state index contributed by atoms with van der Waals surface area (Å²) in [5.41, 5.74) is 4.41. The first kappa shape index (κ1) is 22.1. The minimum absolute atomic E-state index is 0. The second-order valence-corrected chi connectivity index (χ2v) is 8.51. The predicted octanol–water partition coefficient (Wildman–Crippen LogP) is 1.92. The van der Waals surface area contributed by atoms with Crippen molar-refractivity contribution in [3.8, 4) is 17.0 Å². The van der Waals surface area contributed by atoms with Crippen LogP contribution in [0.1, 0.15) is 21.5 Å². The molecule has 1 amide bonds. The van der Waals surface area contributed by atoms with Gasteiger partial charge in [-0.25, -0.2) is 0 Å². The highest BCUT2D eigenvalue weighted by molar-refractivity contribution is 7.86. The number of aliphatic hydroxyl groups excluding tert-OH is 1. The predicted molar refractivity (Wildman–Crippen MR) is 116 cm³/mol. The Bertz CT molecular complexity index is 1210. The van der Waals surface area contributed by atoms with E-state index in [2.05, 4.69) is 15.6 Å². The van der Waals surface area contributed by atoms with Crippen LogP contribution in [-0.2, 0) is 23.2 Å². The zero-order valence-corrected chi connectivity index (χ0v) is 17.8. The molecule has 0 spiro atoms. The molecule has 0 aliphatic carbocycles. The molecular weight excluding hydrogens is 430 g/mol. The number of carbonyl (C=O) groups is 1. The standard InChI is InChI=1S/C20H21N3O5S.ClH/c1-29(26,27)28-18-5-3-14(19-15(18)11-22-20(19)25)17-9-13-8-12(10-21-6-7-24)2-4-16(13)23-17;/h2-5,8-9,21,23-24H,6-7,10-11H2,1H3,(H,22,25);1H. The van der Waals surface area contributed by atoms with Crippen molar-refractivity contribution in [2.24, 2.45) is 0 Å². The van der Waals surface area contributed by atoms with E-state index in [0.29, 0.717) is 29.8 Å². The zero-order chi connectivity index (χ0) is 20.6. The van der Waals surface area contributed by atoms with Gasteiger partial charge in [0, 0.05) is 47.4 Å². The summed E-state index contributed by atoms with van der Waals surface area (Å²) in [6, 6.07) is 11.2. The van der Waals surface area contributed by atoms with Crippen LogP contribution in [0.3, 0.4) is 0 Å². The van der Waals surface area contributed by atoms with Gasteiger partial charge in [-0.3, -0.25) is 4.79 Å². The molecule has 1 aromatic heterocycles. The summed E-state index contributed by atoms with van der Waals surface area (Å²) in [6.45, 7) is 1.47. The molecule has 160 valence electrons. The van der Waals surface area contributed by atoms with Gasteiger partial charge in [-0.05, 0) is 35.9 Å². The van der Waals surface area contributed by atoms with Crippen molar-refractivity contribution >= 4 is 39.3 Å². The lowest BCUT2D eigenvalue weighted by atomic mass is 9.99. The quantitative estimate of drug-likeness (QED) is 0.322. The van der Waals surface area contributed by atoms with Gasteiger partial charge in [0.15, 0.2) is 0 Å². The van der Waals surface area contributed by atoms with Crippen LogP contribution in [0.4, 0.5) is 0 Å². The van der Waals surface area contributed by atoms with E-state index in [-0.39, 0.29) is 37.2 Å². The van der Waals surface area contributed by atoms with Crippen molar-refractivity contribution in [1.82, 2.24) is 15.6 Å². The van der Waals surface area contributed by atoms with E-state index in [0.717, 1.165) is 28.4 Å². The van der Waals surface area contributed by atoms with Gasteiger partial charge < -0.3 is 24.9 Å². The number of amides is 1. The Balaban J connectivity index is 0.00000256. The van der Waals surface area contributed by atoms with E-state index in [9.17, 15) is 13.2 Å². The molecule has 2 heterocycles. The summed E-state index contributed by atoms with van der Waals surface area (Å²) in [6.07, 6.45) is 0.974. The van der Waals surface area contributed by atoms with Crippen LogP contribution in [0.5, 0.6) is 5.75 Å². The number of aliphatic hydroxyl groups is 1. The molecule has 2 aromatic carbocycles. The fraction of sp³-hybridized carbons (Fsp3) is 0.250. The van der Waals surface area contributed by atoms with Crippen LogP contribution in [0.15, 0.2) is 36.4 Å². The average molecular weight is 452 g/mol. The number of carbonyl (C=O) groups excluding carboxylic acids is 1. The lowest BCUT2D eigenvalue weighted by molar-refractivity contribution is 0.0966. The first-order valence-electron chi connectivity index (χ1n) is 9.13. The van der Waals surface area contributed by atoms with E-state index in [1.54, 1.807) is 12.1 Å². The lowest BCUT2D eigenvalue weighted by Crippen LogP contribution is -2.17. The van der Waals surface area contributed by atoms with Crippen LogP contribution >= 0.6 is 12.4 Å². The third-order valence-corrected chi connectivity index (χ3v) is 5.24. The van der Waals surface area contributed by atoms with Gasteiger partial charge in [-0.2, -0.15) is 8.42 Å². The Labute approximate surface area is 180 Å². The van der Waals surface area contributed by atoms with Crippen LogP contribution in [0, 0.1) is 0 Å². The molecule has 0 unspecified atom stereocenters. The molecular formula is C20H22ClN3O5S. The SMILES string of the molecule is CS(=O)(=O)Oc1ccc(-c2cc3cc(CNCCO)ccc3[nH]2)c2c1CNC2=O.Cl. The highest BCUT2D eigenvalue weighted by Crippen LogP contribution is 2.36. The van der Waals surface area contributed by atoms with E-state index >= 15 is 0 Å². The van der Waals surface area contributed by atoms with Crippen molar-refractivity contribution in [1.29, 1.82) is 0 Å². The first-order chi connectivity index (χ1) is 13.9. The minimum Gasteiger partial charge on any atom is -0.395 e. The van der Waals surface area contributed by atoms with E-state index < -0.39 is 10.1 Å². The van der Waals surface area contributed by atoms with Crippen molar-refractivity contribution in [3.63, 3.8) is 0 Å². The topological polar surface area (TPSA) is 121 Å². The molecule has 0 fully saturated rings. The molecule has 8 nitrogen and oxygen atoms in total. The summed E-state index contributed by atoms with van der Waals surface area (Å²) in [5, 5.41) is 15.8. The van der Waals surface area contributed by atoms with Gasteiger partial charge in [-0.1, -0.05) is 6.07 Å². The second-order valence-electron chi connectivity index (χ2n) is 6.94. The van der Waals surface area contributed by atoms with Crippen LogP contribution < -0.4 is 14.8 Å². The number of H-pyrrole nitrogens is 1. The third kappa shape index (κ3) is 4.44. The molecule has 30 heavy (non-hydrogen) atoms. The zero-order valence-electron chi connectivity index (χ0n) is 16.2. The molecule has 1 aliphatic heterocycles. The summed E-state index contributed by atoms with van der Waals surface area (Å²) in [5.74, 6) is -0.0977. The van der Waals surface area contributed by atoms with Crippen LogP contribution in [0.25, 0.3) is 22.2 Å². The minimum atomic E-state index is -3.70. The van der Waals surface area contributed by atoms with Crippen molar-refractivity contribution in [3.05, 3.63) is 53.1 Å². The highest BCUT2D eigenvalue weighted by Gasteiger charge is 2.28. The highest BCUT2D eigenvalue weighted by atomic mass is 35.5. The maximum atomic E-state index is 12.4. The smallest absolute Gasteiger partial charge is 0.306 e. The summed E-state index contributed by atoms with van der Waals surface area (Å²) in [7, 11) is -3.70. The molecule has 3 aromatic rings. The van der Waals surface area contributed by atoms with Gasteiger partial charge in [0.25, 0.3) is 5.91 Å². The van der Waals surface area contributed by atoms with Crippen LogP contribution in [-0.4, -0.2) is 43.8 Å². The number of hydrogen-bond acceptors (Lipinski definition) is 6. The van der Waals surface area contributed by atoms with Crippen molar-refractivity contribution in [2.45, 2.75) is 13.1 Å². The molecule has 4 rings (SSSR count). The average Bonchev–Trinajstić information content (AvgIpc) is 3.25. The number of hydrogen-bond donors (Lipinski definition) is 4. The van der Waals surface area contributed by atoms with Gasteiger partial charge in [0.05, 0.1) is 18.4 Å². The number of aromatic amines is 1. The largest absolute Gasteiger partial charge is 0.395 e. The number of benzene rings is 2. The Morgan fingerprint density at radius 1 is 1.20 bits per heavy atom. The molecule has 0 saturated carbocycles. The number of rotatable bonds is 7. The normalized spacial score (nSPS) is 13.1. The van der Waals surface area contributed by atoms with Crippen LogP contribution in [0.2, 0.25) is 0 Å². The van der Waals surface area contributed by atoms with Gasteiger partial charge in [-0.15, -0.1) is 12.4 Å². The maximum absolute atomic E-state index is 12.4. The third-order valence-electron chi connectivity index (χ3n) is 4.76. The number of fused-ring (bicyclic) bond motifs is 2. The second kappa shape index (κ2) is 8.65. The summed E-state index contributed by atoms with van der Waals surface area (Å²) in [4.78, 5) is 15.8. The molecule has 0 atom stereocenters. The number of nitrogens with one attached hydrogen (secondary N) is 3. The number of halogens is 1. The monoisotopic (exact) mass is 451 g/mol. The fourth-order valence-corrected chi connectivity index (χ4v) is 4.02. The Hall–Kier alpha value is -2.59. The van der Waals surface area contributed by atoms with Crippen molar-refractivity contribution in [2.75, 3.05) is 19.4 Å². The van der Waals surface area contributed by atoms with E-state index in [4.69, 9.17) is 9.29 Å². The summed E-state index contributed by atoms with van der Waals surface area (Å²) < 4.78 is 28.1. The lowest BCUT2D eigenvalue weighted by Gasteiger charge is -2.10. The Kier molecular flexibility index (Phi) is 6.37. The van der Waals surface area contributed by atoms with Gasteiger partial charge in [0.1, 0.15) is 5.75 Å². The molecule has 1 aliphatic rings. The first-order valence-corrected chi connectivity index (χ1v) is 10.9. The number of aromatic nitrogens is 1. The molecule has 0 radical (unpaired) electrons. The summed E-state index contributed by atoms with van der Waals surface area (Å²) >= 11 is 0. The Morgan fingerprint density at radius 3 is 2.73 bits per heavy atom. The van der Waals surface area contributed by atoms with Crippen molar-refractivity contribution < 1.29 is 22.5 Å². The molecule has 0 bridgehead atoms. The molecule has 0 saturated heterocycles. The van der Waals surface area contributed by atoms with Gasteiger partial charge in [0.2, 0.25) is 0 Å². The fourth-order valence-electron chi connectivity index (χ4n) is 3.54. The Morgan fingerprint density at radius 2 is 2.00 bits per heavy atom. The maximum Gasteiger partial charge on any atom is 0.306 e. The molecule has 4 N–H and O–H groups in total. The molecule has 10 heteroatoms. The van der Waals surface area contributed by atoms with Gasteiger partial charge >= 0.3 is 10.1 Å². The van der Waals surface area contributed by atoms with E-state index in [1.165, 1.54) is 0 Å². The van der Waals surface area contributed by atoms with E-state index in [1.807, 2.05) is 24.3 Å².